The van der Waals surface area contributed by atoms with E-state index >= 15 is 0 Å². The van der Waals surface area contributed by atoms with E-state index in [2.05, 4.69) is 5.32 Å². The van der Waals surface area contributed by atoms with Crippen molar-refractivity contribution < 1.29 is 14.3 Å². The van der Waals surface area contributed by atoms with Crippen molar-refractivity contribution in [2.24, 2.45) is 0 Å². The molecule has 2 aromatic carbocycles. The van der Waals surface area contributed by atoms with Crippen molar-refractivity contribution in [1.29, 1.82) is 0 Å². The molecule has 0 heterocycles. The second-order valence-electron chi connectivity index (χ2n) is 5.23. The summed E-state index contributed by atoms with van der Waals surface area (Å²) >= 11 is 0. The molecule has 114 valence electrons. The van der Waals surface area contributed by atoms with Gasteiger partial charge in [0.15, 0.2) is 0 Å². The molecule has 4 nitrogen and oxygen atoms in total. The van der Waals surface area contributed by atoms with Crippen LogP contribution in [0.25, 0.3) is 0 Å². The van der Waals surface area contributed by atoms with Gasteiger partial charge in [0.1, 0.15) is 12.3 Å². The number of ether oxygens (including phenoxy) is 1. The summed E-state index contributed by atoms with van der Waals surface area (Å²) in [6.07, 6.45) is 0.248. The minimum atomic E-state index is -0.483. The molecule has 0 bridgehead atoms. The first-order valence-corrected chi connectivity index (χ1v) is 7.12. The molecule has 2 rings (SSSR count). The van der Waals surface area contributed by atoms with E-state index in [1.807, 2.05) is 50.2 Å². The summed E-state index contributed by atoms with van der Waals surface area (Å²) in [5, 5.41) is 2.57. The van der Waals surface area contributed by atoms with Crippen molar-refractivity contribution in [3.63, 3.8) is 0 Å². The van der Waals surface area contributed by atoms with E-state index in [1.54, 1.807) is 12.1 Å². The van der Waals surface area contributed by atoms with Crippen LogP contribution >= 0.6 is 0 Å². The number of carbonyl (C=O) groups excluding carboxylic acids is 2. The third-order valence-electron chi connectivity index (χ3n) is 3.14. The highest BCUT2D eigenvalue weighted by atomic mass is 16.5. The molecule has 0 aliphatic heterocycles. The van der Waals surface area contributed by atoms with E-state index in [4.69, 9.17) is 4.74 Å². The number of carbonyl (C=O) groups is 2. The first kappa shape index (κ1) is 15.8. The van der Waals surface area contributed by atoms with Gasteiger partial charge in [0.05, 0.1) is 6.42 Å². The number of benzene rings is 2. The Kier molecular flexibility index (Phi) is 5.31. The van der Waals surface area contributed by atoms with Crippen LogP contribution in [-0.2, 0) is 16.0 Å². The fourth-order valence-corrected chi connectivity index (χ4v) is 1.97. The Balaban J connectivity index is 1.78. The third-order valence-corrected chi connectivity index (χ3v) is 3.14. The van der Waals surface area contributed by atoms with Crippen molar-refractivity contribution in [1.82, 2.24) is 5.32 Å². The fourth-order valence-electron chi connectivity index (χ4n) is 1.97. The first-order valence-electron chi connectivity index (χ1n) is 7.12. The van der Waals surface area contributed by atoms with Crippen LogP contribution in [0.2, 0.25) is 0 Å². The van der Waals surface area contributed by atoms with Gasteiger partial charge in [-0.2, -0.15) is 0 Å². The summed E-state index contributed by atoms with van der Waals surface area (Å²) in [5.74, 6) is -0.203. The number of rotatable bonds is 5. The van der Waals surface area contributed by atoms with E-state index in [1.165, 1.54) is 0 Å². The number of nitrogens with one attached hydrogen (secondary N) is 1. The average Bonchev–Trinajstić information content (AvgIpc) is 2.48. The molecule has 0 atom stereocenters. The SMILES string of the molecule is Cc1ccc(CC(=O)NCC(=O)Oc2cccc(C)c2)cc1. The van der Waals surface area contributed by atoms with Crippen molar-refractivity contribution in [3.8, 4) is 5.75 Å². The number of hydrogen-bond donors (Lipinski definition) is 1. The largest absolute Gasteiger partial charge is 0.425 e. The lowest BCUT2D eigenvalue weighted by molar-refractivity contribution is -0.135. The molecule has 1 amide bonds. The minimum Gasteiger partial charge on any atom is -0.425 e. The van der Waals surface area contributed by atoms with E-state index in [0.29, 0.717) is 5.75 Å². The molecule has 0 saturated carbocycles. The highest BCUT2D eigenvalue weighted by Crippen LogP contribution is 2.12. The summed E-state index contributed by atoms with van der Waals surface area (Å²) in [7, 11) is 0. The fraction of sp³-hybridized carbons (Fsp3) is 0.222. The molecule has 0 aliphatic rings. The Bertz CT molecular complexity index is 662. The zero-order valence-electron chi connectivity index (χ0n) is 12.8. The topological polar surface area (TPSA) is 55.4 Å². The molecule has 0 unspecified atom stereocenters. The monoisotopic (exact) mass is 297 g/mol. The maximum atomic E-state index is 11.8. The van der Waals surface area contributed by atoms with Gasteiger partial charge in [-0.25, -0.2) is 4.79 Å². The van der Waals surface area contributed by atoms with E-state index in [-0.39, 0.29) is 18.9 Å². The smallest absolute Gasteiger partial charge is 0.330 e. The van der Waals surface area contributed by atoms with Gasteiger partial charge in [-0.3, -0.25) is 4.79 Å². The molecule has 22 heavy (non-hydrogen) atoms. The lowest BCUT2D eigenvalue weighted by Gasteiger charge is -2.07. The van der Waals surface area contributed by atoms with Gasteiger partial charge in [0.2, 0.25) is 5.91 Å². The van der Waals surface area contributed by atoms with Gasteiger partial charge in [0, 0.05) is 0 Å². The van der Waals surface area contributed by atoms with Crippen molar-refractivity contribution in [3.05, 3.63) is 65.2 Å². The highest BCUT2D eigenvalue weighted by molar-refractivity contribution is 5.84. The Morgan fingerprint density at radius 1 is 1.00 bits per heavy atom. The van der Waals surface area contributed by atoms with Crippen LogP contribution in [-0.4, -0.2) is 18.4 Å². The highest BCUT2D eigenvalue weighted by Gasteiger charge is 2.08. The molecule has 0 aliphatic carbocycles. The zero-order chi connectivity index (χ0) is 15.9. The van der Waals surface area contributed by atoms with Gasteiger partial charge in [-0.1, -0.05) is 42.0 Å². The van der Waals surface area contributed by atoms with Crippen molar-refractivity contribution in [2.45, 2.75) is 20.3 Å². The molecular formula is C18H19NO3. The van der Waals surface area contributed by atoms with Crippen LogP contribution in [0.5, 0.6) is 5.75 Å². The van der Waals surface area contributed by atoms with Gasteiger partial charge in [-0.15, -0.1) is 0 Å². The average molecular weight is 297 g/mol. The van der Waals surface area contributed by atoms with Crippen molar-refractivity contribution in [2.75, 3.05) is 6.54 Å². The second kappa shape index (κ2) is 7.41. The van der Waals surface area contributed by atoms with Crippen LogP contribution in [0.15, 0.2) is 48.5 Å². The quantitative estimate of drug-likeness (QED) is 0.681. The standard InChI is InChI=1S/C18H19NO3/c1-13-6-8-15(9-7-13)11-17(20)19-12-18(21)22-16-5-3-4-14(2)10-16/h3-10H,11-12H2,1-2H3,(H,19,20). The molecule has 0 fully saturated rings. The van der Waals surface area contributed by atoms with Crippen LogP contribution in [0, 0.1) is 13.8 Å². The van der Waals surface area contributed by atoms with E-state index < -0.39 is 5.97 Å². The molecule has 0 radical (unpaired) electrons. The van der Waals surface area contributed by atoms with Gasteiger partial charge < -0.3 is 10.1 Å². The number of amides is 1. The lowest BCUT2D eigenvalue weighted by atomic mass is 10.1. The molecule has 0 aromatic heterocycles. The summed E-state index contributed by atoms with van der Waals surface area (Å²) in [6.45, 7) is 3.77. The normalized spacial score (nSPS) is 10.1. The molecule has 0 spiro atoms. The third kappa shape index (κ3) is 5.05. The molecule has 4 heteroatoms. The van der Waals surface area contributed by atoms with Crippen LogP contribution in [0.4, 0.5) is 0 Å². The Morgan fingerprint density at radius 2 is 1.73 bits per heavy atom. The zero-order valence-corrected chi connectivity index (χ0v) is 12.8. The number of esters is 1. The summed E-state index contributed by atoms with van der Waals surface area (Å²) in [4.78, 5) is 23.5. The summed E-state index contributed by atoms with van der Waals surface area (Å²) in [5.41, 5.74) is 3.06. The molecule has 2 aromatic rings. The van der Waals surface area contributed by atoms with Crippen LogP contribution < -0.4 is 10.1 Å². The second-order valence-corrected chi connectivity index (χ2v) is 5.23. The maximum absolute atomic E-state index is 11.8. The van der Waals surface area contributed by atoms with Gasteiger partial charge in [0.25, 0.3) is 0 Å². The summed E-state index contributed by atoms with van der Waals surface area (Å²) in [6, 6.07) is 14.9. The van der Waals surface area contributed by atoms with Crippen LogP contribution in [0.1, 0.15) is 16.7 Å². The number of aryl methyl sites for hydroxylation is 2. The maximum Gasteiger partial charge on any atom is 0.330 e. The minimum absolute atomic E-state index is 0.140. The predicted molar refractivity (Wildman–Crippen MR) is 84.7 cm³/mol. The van der Waals surface area contributed by atoms with E-state index in [9.17, 15) is 9.59 Å². The molecule has 1 N–H and O–H groups in total. The molecule has 0 saturated heterocycles. The Labute approximate surface area is 130 Å². The van der Waals surface area contributed by atoms with E-state index in [0.717, 1.165) is 16.7 Å². The lowest BCUT2D eigenvalue weighted by Crippen LogP contribution is -2.32. The Morgan fingerprint density at radius 3 is 2.41 bits per heavy atom. The predicted octanol–water partition coefficient (Wildman–Crippen LogP) is 2.57. The van der Waals surface area contributed by atoms with Crippen LogP contribution in [0.3, 0.4) is 0 Å². The number of hydrogen-bond acceptors (Lipinski definition) is 3. The van der Waals surface area contributed by atoms with Crippen molar-refractivity contribution >= 4 is 11.9 Å². The van der Waals surface area contributed by atoms with Gasteiger partial charge in [-0.05, 0) is 37.1 Å². The molecular weight excluding hydrogens is 278 g/mol. The first-order chi connectivity index (χ1) is 10.5. The Hall–Kier alpha value is -2.62. The van der Waals surface area contributed by atoms with Gasteiger partial charge >= 0.3 is 5.97 Å². The summed E-state index contributed by atoms with van der Waals surface area (Å²) < 4.78 is 5.16.